The minimum absolute atomic E-state index is 0.448. The number of nitrogens with two attached hydrogens (primary N) is 1. The van der Waals surface area contributed by atoms with Crippen LogP contribution in [0.3, 0.4) is 0 Å². The molecule has 3 N–H and O–H groups in total. The molecule has 0 aliphatic carbocycles. The van der Waals surface area contributed by atoms with Gasteiger partial charge in [0.1, 0.15) is 0 Å². The Balaban J connectivity index is 1.71. The SMILES string of the molecule is CC(O)c1cnn(CCCCn2cc(N)nn2)c1. The van der Waals surface area contributed by atoms with Gasteiger partial charge in [-0.25, -0.2) is 0 Å². The van der Waals surface area contributed by atoms with Crippen LogP contribution in [-0.4, -0.2) is 29.9 Å². The Morgan fingerprint density at radius 1 is 1.28 bits per heavy atom. The number of aliphatic hydroxyl groups excluding tert-OH is 1. The van der Waals surface area contributed by atoms with E-state index in [0.717, 1.165) is 31.5 Å². The molecule has 7 heteroatoms. The van der Waals surface area contributed by atoms with Crippen molar-refractivity contribution in [3.8, 4) is 0 Å². The normalized spacial score (nSPS) is 12.8. The van der Waals surface area contributed by atoms with E-state index in [9.17, 15) is 5.11 Å². The van der Waals surface area contributed by atoms with Gasteiger partial charge in [-0.2, -0.15) is 5.10 Å². The van der Waals surface area contributed by atoms with Gasteiger partial charge in [-0.3, -0.25) is 9.36 Å². The number of rotatable bonds is 6. The largest absolute Gasteiger partial charge is 0.389 e. The molecule has 2 aromatic heterocycles. The van der Waals surface area contributed by atoms with Crippen LogP contribution >= 0.6 is 0 Å². The van der Waals surface area contributed by atoms with Gasteiger partial charge in [-0.1, -0.05) is 5.21 Å². The molecule has 18 heavy (non-hydrogen) atoms. The van der Waals surface area contributed by atoms with Crippen molar-refractivity contribution in [2.75, 3.05) is 5.73 Å². The number of unbranched alkanes of at least 4 members (excludes halogenated alkanes) is 1. The minimum Gasteiger partial charge on any atom is -0.389 e. The van der Waals surface area contributed by atoms with Gasteiger partial charge < -0.3 is 10.8 Å². The Morgan fingerprint density at radius 2 is 2.00 bits per heavy atom. The van der Waals surface area contributed by atoms with E-state index in [-0.39, 0.29) is 0 Å². The van der Waals surface area contributed by atoms with Crippen LogP contribution in [-0.2, 0) is 13.1 Å². The van der Waals surface area contributed by atoms with Crippen molar-refractivity contribution < 1.29 is 5.11 Å². The molecule has 0 saturated heterocycles. The maximum Gasteiger partial charge on any atom is 0.165 e. The molecule has 7 nitrogen and oxygen atoms in total. The van der Waals surface area contributed by atoms with Crippen molar-refractivity contribution >= 4 is 5.82 Å². The second kappa shape index (κ2) is 5.63. The Kier molecular flexibility index (Phi) is 3.93. The molecule has 0 amide bonds. The first-order chi connectivity index (χ1) is 8.65. The third kappa shape index (κ3) is 3.30. The molecule has 0 fully saturated rings. The Bertz CT molecular complexity index is 489. The van der Waals surface area contributed by atoms with Gasteiger partial charge in [0, 0.05) is 24.8 Å². The van der Waals surface area contributed by atoms with E-state index in [1.165, 1.54) is 0 Å². The van der Waals surface area contributed by atoms with Crippen LogP contribution < -0.4 is 5.73 Å². The van der Waals surface area contributed by atoms with E-state index in [4.69, 9.17) is 5.73 Å². The van der Waals surface area contributed by atoms with Crippen LogP contribution in [0.15, 0.2) is 18.6 Å². The van der Waals surface area contributed by atoms with Crippen LogP contribution in [0.5, 0.6) is 0 Å². The van der Waals surface area contributed by atoms with Crippen LogP contribution in [0, 0.1) is 0 Å². The monoisotopic (exact) mass is 250 g/mol. The van der Waals surface area contributed by atoms with Crippen LogP contribution in [0.1, 0.15) is 31.4 Å². The van der Waals surface area contributed by atoms with E-state index in [0.29, 0.717) is 5.82 Å². The molecule has 1 unspecified atom stereocenters. The summed E-state index contributed by atoms with van der Waals surface area (Å²) < 4.78 is 3.58. The maximum absolute atomic E-state index is 9.38. The number of nitrogens with zero attached hydrogens (tertiary/aromatic N) is 5. The van der Waals surface area contributed by atoms with Crippen molar-refractivity contribution in [2.24, 2.45) is 0 Å². The van der Waals surface area contributed by atoms with Crippen molar-refractivity contribution in [2.45, 2.75) is 39.0 Å². The highest BCUT2D eigenvalue weighted by molar-refractivity contribution is 5.19. The van der Waals surface area contributed by atoms with Gasteiger partial charge in [0.2, 0.25) is 0 Å². The van der Waals surface area contributed by atoms with Gasteiger partial charge in [-0.05, 0) is 19.8 Å². The molecule has 0 aliphatic rings. The Morgan fingerprint density at radius 3 is 2.56 bits per heavy atom. The molecule has 0 radical (unpaired) electrons. The molecule has 0 saturated carbocycles. The lowest BCUT2D eigenvalue weighted by atomic mass is 10.2. The predicted octanol–water partition coefficient (Wildman–Crippen LogP) is 0.590. The fourth-order valence-corrected chi connectivity index (χ4v) is 1.69. The average Bonchev–Trinajstić information content (AvgIpc) is 2.93. The first-order valence-corrected chi connectivity index (χ1v) is 6.01. The lowest BCUT2D eigenvalue weighted by Crippen LogP contribution is -2.03. The lowest BCUT2D eigenvalue weighted by molar-refractivity contribution is 0.199. The summed E-state index contributed by atoms with van der Waals surface area (Å²) in [6.45, 7) is 3.36. The van der Waals surface area contributed by atoms with Gasteiger partial charge in [-0.15, -0.1) is 5.10 Å². The van der Waals surface area contributed by atoms with Crippen molar-refractivity contribution in [3.05, 3.63) is 24.2 Å². The quantitative estimate of drug-likeness (QED) is 0.732. The Labute approximate surface area is 105 Å². The number of aryl methyl sites for hydroxylation is 2. The van der Waals surface area contributed by atoms with Crippen molar-refractivity contribution in [1.29, 1.82) is 0 Å². The van der Waals surface area contributed by atoms with E-state index < -0.39 is 6.10 Å². The number of aliphatic hydroxyl groups is 1. The highest BCUT2D eigenvalue weighted by atomic mass is 16.3. The molecular formula is C11H18N6O. The average molecular weight is 250 g/mol. The summed E-state index contributed by atoms with van der Waals surface area (Å²) in [4.78, 5) is 0. The van der Waals surface area contributed by atoms with Gasteiger partial charge in [0.25, 0.3) is 0 Å². The van der Waals surface area contributed by atoms with Crippen molar-refractivity contribution in [1.82, 2.24) is 24.8 Å². The number of nitrogen functional groups attached to an aromatic ring is 1. The second-order valence-corrected chi connectivity index (χ2v) is 4.33. The first-order valence-electron chi connectivity index (χ1n) is 6.01. The zero-order valence-electron chi connectivity index (χ0n) is 10.4. The van der Waals surface area contributed by atoms with E-state index >= 15 is 0 Å². The Hall–Kier alpha value is -1.89. The topological polar surface area (TPSA) is 94.8 Å². The molecule has 0 aromatic carbocycles. The molecule has 2 aromatic rings. The summed E-state index contributed by atoms with van der Waals surface area (Å²) in [5.74, 6) is 0.448. The molecular weight excluding hydrogens is 232 g/mol. The third-order valence-electron chi connectivity index (χ3n) is 2.72. The summed E-state index contributed by atoms with van der Waals surface area (Å²) >= 11 is 0. The van der Waals surface area contributed by atoms with Crippen LogP contribution in [0.2, 0.25) is 0 Å². The molecule has 1 atom stereocenters. The highest BCUT2D eigenvalue weighted by Crippen LogP contribution is 2.10. The number of aromatic nitrogens is 5. The summed E-state index contributed by atoms with van der Waals surface area (Å²) in [6, 6.07) is 0. The van der Waals surface area contributed by atoms with E-state index in [1.54, 1.807) is 24.0 Å². The van der Waals surface area contributed by atoms with Gasteiger partial charge >= 0.3 is 0 Å². The van der Waals surface area contributed by atoms with E-state index in [1.807, 2.05) is 10.9 Å². The molecule has 0 spiro atoms. The summed E-state index contributed by atoms with van der Waals surface area (Å²) in [7, 11) is 0. The summed E-state index contributed by atoms with van der Waals surface area (Å²) in [5.41, 5.74) is 6.32. The zero-order chi connectivity index (χ0) is 13.0. The maximum atomic E-state index is 9.38. The van der Waals surface area contributed by atoms with Crippen LogP contribution in [0.25, 0.3) is 0 Å². The fourth-order valence-electron chi connectivity index (χ4n) is 1.69. The van der Waals surface area contributed by atoms with Gasteiger partial charge in [0.05, 0.1) is 18.5 Å². The second-order valence-electron chi connectivity index (χ2n) is 4.33. The third-order valence-corrected chi connectivity index (χ3v) is 2.72. The summed E-state index contributed by atoms with van der Waals surface area (Å²) in [6.07, 6.45) is 6.80. The number of hydrogen-bond acceptors (Lipinski definition) is 5. The summed E-state index contributed by atoms with van der Waals surface area (Å²) in [5, 5.41) is 21.2. The lowest BCUT2D eigenvalue weighted by Gasteiger charge is -2.02. The highest BCUT2D eigenvalue weighted by Gasteiger charge is 2.03. The van der Waals surface area contributed by atoms with Crippen LogP contribution in [0.4, 0.5) is 5.82 Å². The minimum atomic E-state index is -0.461. The first kappa shape index (κ1) is 12.6. The number of anilines is 1. The standard InChI is InChI=1S/C11H18N6O/c1-9(18)10-6-13-16(7-10)4-2-3-5-17-8-11(12)14-15-17/h6-9,18H,2-5,12H2,1H3. The molecule has 2 rings (SSSR count). The predicted molar refractivity (Wildman–Crippen MR) is 66.5 cm³/mol. The molecule has 98 valence electrons. The van der Waals surface area contributed by atoms with Crippen molar-refractivity contribution in [3.63, 3.8) is 0 Å². The zero-order valence-corrected chi connectivity index (χ0v) is 10.4. The van der Waals surface area contributed by atoms with E-state index in [2.05, 4.69) is 15.4 Å². The molecule has 0 bridgehead atoms. The molecule has 0 aliphatic heterocycles. The molecule has 2 heterocycles. The number of hydrogen-bond donors (Lipinski definition) is 2. The van der Waals surface area contributed by atoms with Gasteiger partial charge in [0.15, 0.2) is 5.82 Å². The smallest absolute Gasteiger partial charge is 0.165 e. The fraction of sp³-hybridized carbons (Fsp3) is 0.545.